The van der Waals surface area contributed by atoms with E-state index in [1.807, 2.05) is 24.5 Å². The lowest BCUT2D eigenvalue weighted by molar-refractivity contribution is 0.856. The normalized spacial score (nSPS) is 12.2. The van der Waals surface area contributed by atoms with Crippen LogP contribution in [0.1, 0.15) is 18.5 Å². The van der Waals surface area contributed by atoms with Gasteiger partial charge in [0.15, 0.2) is 5.16 Å². The van der Waals surface area contributed by atoms with Crippen LogP contribution in [0.5, 0.6) is 0 Å². The quantitative estimate of drug-likeness (QED) is 0.521. The van der Waals surface area contributed by atoms with Crippen molar-refractivity contribution in [2.24, 2.45) is 0 Å². The molecule has 1 aromatic carbocycles. The Kier molecular flexibility index (Phi) is 4.44. The zero-order valence-corrected chi connectivity index (χ0v) is 11.8. The van der Waals surface area contributed by atoms with Gasteiger partial charge < -0.3 is 5.32 Å². The fourth-order valence-corrected chi connectivity index (χ4v) is 2.22. The first kappa shape index (κ1) is 13.2. The summed E-state index contributed by atoms with van der Waals surface area (Å²) in [4.78, 5) is 8.48. The minimum absolute atomic E-state index is 0.173. The molecule has 1 heterocycles. The maximum Gasteiger partial charge on any atom is 0.190 e. The molecule has 0 saturated heterocycles. The van der Waals surface area contributed by atoms with Crippen LogP contribution in [0.15, 0.2) is 41.6 Å². The molecule has 0 aliphatic rings. The number of halogens is 1. The predicted octanol–water partition coefficient (Wildman–Crippen LogP) is 4.03. The number of rotatable bonds is 4. The van der Waals surface area contributed by atoms with Crippen molar-refractivity contribution < 1.29 is 0 Å². The highest BCUT2D eigenvalue weighted by Gasteiger charge is 2.07. The van der Waals surface area contributed by atoms with Crippen LogP contribution in [0.3, 0.4) is 0 Å². The maximum atomic E-state index is 5.95. The number of benzene rings is 1. The number of hydrogen-bond acceptors (Lipinski definition) is 4. The molecule has 1 aromatic heterocycles. The first-order valence-corrected chi connectivity index (χ1v) is 7.19. The van der Waals surface area contributed by atoms with Gasteiger partial charge in [0.2, 0.25) is 0 Å². The molecule has 2 aromatic rings. The molecule has 0 radical (unpaired) electrons. The molecule has 18 heavy (non-hydrogen) atoms. The van der Waals surface area contributed by atoms with E-state index in [0.29, 0.717) is 10.3 Å². The smallest absolute Gasteiger partial charge is 0.190 e. The molecule has 0 amide bonds. The van der Waals surface area contributed by atoms with Crippen LogP contribution in [0, 0.1) is 0 Å². The summed E-state index contributed by atoms with van der Waals surface area (Å²) in [6, 6.07) is 12.1. The lowest BCUT2D eigenvalue weighted by Gasteiger charge is -2.15. The number of anilines is 1. The molecule has 1 unspecified atom stereocenters. The van der Waals surface area contributed by atoms with Crippen molar-refractivity contribution >= 4 is 29.2 Å². The summed E-state index contributed by atoms with van der Waals surface area (Å²) < 4.78 is 0. The molecule has 3 nitrogen and oxygen atoms in total. The number of hydrogen-bond donors (Lipinski definition) is 1. The Morgan fingerprint density at radius 3 is 2.61 bits per heavy atom. The van der Waals surface area contributed by atoms with E-state index in [4.69, 9.17) is 11.6 Å². The van der Waals surface area contributed by atoms with Gasteiger partial charge in [-0.25, -0.2) is 9.97 Å². The number of nitrogens with one attached hydrogen (secondary N) is 1. The maximum absolute atomic E-state index is 5.95. The highest BCUT2D eigenvalue weighted by Crippen LogP contribution is 2.21. The molecular formula is C13H14ClN3S. The molecule has 2 rings (SSSR count). The molecule has 0 aliphatic heterocycles. The second kappa shape index (κ2) is 6.07. The summed E-state index contributed by atoms with van der Waals surface area (Å²) in [6.07, 6.45) is 1.93. The van der Waals surface area contributed by atoms with Crippen molar-refractivity contribution in [1.29, 1.82) is 0 Å². The number of thioether (sulfide) groups is 1. The highest BCUT2D eigenvalue weighted by atomic mass is 35.5. The van der Waals surface area contributed by atoms with E-state index in [1.54, 1.807) is 6.07 Å². The van der Waals surface area contributed by atoms with Crippen LogP contribution >= 0.6 is 23.4 Å². The van der Waals surface area contributed by atoms with Crippen molar-refractivity contribution in [3.05, 3.63) is 47.1 Å². The minimum Gasteiger partial charge on any atom is -0.363 e. The Morgan fingerprint density at radius 1 is 1.22 bits per heavy atom. The molecule has 5 heteroatoms. The van der Waals surface area contributed by atoms with Crippen LogP contribution in [0.2, 0.25) is 5.15 Å². The van der Waals surface area contributed by atoms with Crippen LogP contribution in [0.25, 0.3) is 0 Å². The molecule has 1 N–H and O–H groups in total. The number of aromatic nitrogens is 2. The first-order chi connectivity index (χ1) is 8.69. The summed E-state index contributed by atoms with van der Waals surface area (Å²) in [7, 11) is 0. The Labute approximate surface area is 116 Å². The third-order valence-electron chi connectivity index (χ3n) is 2.52. The van der Waals surface area contributed by atoms with Gasteiger partial charge in [-0.2, -0.15) is 0 Å². The Bertz CT molecular complexity index is 519. The second-order valence-corrected chi connectivity index (χ2v) is 5.00. The van der Waals surface area contributed by atoms with E-state index in [2.05, 4.69) is 34.3 Å². The molecular weight excluding hydrogens is 266 g/mol. The van der Waals surface area contributed by atoms with Crippen molar-refractivity contribution in [2.75, 3.05) is 11.6 Å². The van der Waals surface area contributed by atoms with E-state index >= 15 is 0 Å². The summed E-state index contributed by atoms with van der Waals surface area (Å²) in [5.74, 6) is 0.746. The van der Waals surface area contributed by atoms with Gasteiger partial charge in [0.1, 0.15) is 11.0 Å². The van der Waals surface area contributed by atoms with E-state index in [-0.39, 0.29) is 6.04 Å². The molecule has 0 spiro atoms. The fraction of sp³-hybridized carbons (Fsp3) is 0.231. The van der Waals surface area contributed by atoms with E-state index in [9.17, 15) is 0 Å². The molecule has 0 saturated carbocycles. The van der Waals surface area contributed by atoms with Gasteiger partial charge in [-0.3, -0.25) is 0 Å². The predicted molar refractivity (Wildman–Crippen MR) is 77.3 cm³/mol. The molecule has 1 atom stereocenters. The highest BCUT2D eigenvalue weighted by molar-refractivity contribution is 7.98. The molecule has 94 valence electrons. The Morgan fingerprint density at radius 2 is 1.94 bits per heavy atom. The van der Waals surface area contributed by atoms with Crippen LogP contribution in [-0.2, 0) is 0 Å². The topological polar surface area (TPSA) is 37.8 Å². The van der Waals surface area contributed by atoms with Crippen molar-refractivity contribution in [3.63, 3.8) is 0 Å². The molecule has 0 bridgehead atoms. The SMILES string of the molecule is CSc1nc(Cl)cc(NC(C)c2ccccc2)n1. The minimum atomic E-state index is 0.173. The van der Waals surface area contributed by atoms with Gasteiger partial charge in [0.05, 0.1) is 0 Å². The van der Waals surface area contributed by atoms with Crippen molar-refractivity contribution in [3.8, 4) is 0 Å². The van der Waals surface area contributed by atoms with E-state index in [1.165, 1.54) is 17.3 Å². The average molecular weight is 280 g/mol. The first-order valence-electron chi connectivity index (χ1n) is 5.59. The van der Waals surface area contributed by atoms with Crippen molar-refractivity contribution in [1.82, 2.24) is 9.97 Å². The van der Waals surface area contributed by atoms with Crippen LogP contribution in [0.4, 0.5) is 5.82 Å². The molecule has 0 fully saturated rings. The van der Waals surface area contributed by atoms with Gasteiger partial charge in [-0.1, -0.05) is 53.7 Å². The fourth-order valence-electron chi connectivity index (χ4n) is 1.61. The molecule has 0 aliphatic carbocycles. The Hall–Kier alpha value is -1.26. The average Bonchev–Trinajstić information content (AvgIpc) is 2.39. The third-order valence-corrected chi connectivity index (χ3v) is 3.26. The summed E-state index contributed by atoms with van der Waals surface area (Å²) in [6.45, 7) is 2.09. The summed E-state index contributed by atoms with van der Waals surface area (Å²) >= 11 is 7.43. The summed E-state index contributed by atoms with van der Waals surface area (Å²) in [5.41, 5.74) is 1.21. The van der Waals surface area contributed by atoms with Gasteiger partial charge in [-0.15, -0.1) is 0 Å². The third kappa shape index (κ3) is 3.37. The van der Waals surface area contributed by atoms with Gasteiger partial charge in [0, 0.05) is 12.1 Å². The van der Waals surface area contributed by atoms with Crippen LogP contribution in [-0.4, -0.2) is 16.2 Å². The lowest BCUT2D eigenvalue weighted by Crippen LogP contribution is -2.08. The van der Waals surface area contributed by atoms with Gasteiger partial charge in [-0.05, 0) is 18.7 Å². The van der Waals surface area contributed by atoms with E-state index < -0.39 is 0 Å². The number of nitrogens with zero attached hydrogens (tertiary/aromatic N) is 2. The standard InChI is InChI=1S/C13H14ClN3S/c1-9(10-6-4-3-5-7-10)15-12-8-11(14)16-13(17-12)18-2/h3-9H,1-2H3,(H,15,16,17). The van der Waals surface area contributed by atoms with Gasteiger partial charge >= 0.3 is 0 Å². The second-order valence-electron chi connectivity index (χ2n) is 3.84. The Balaban J connectivity index is 2.16. The van der Waals surface area contributed by atoms with Crippen molar-refractivity contribution in [2.45, 2.75) is 18.1 Å². The van der Waals surface area contributed by atoms with Crippen LogP contribution < -0.4 is 5.32 Å². The largest absolute Gasteiger partial charge is 0.363 e. The zero-order chi connectivity index (χ0) is 13.0. The monoisotopic (exact) mass is 279 g/mol. The zero-order valence-electron chi connectivity index (χ0n) is 10.2. The van der Waals surface area contributed by atoms with E-state index in [0.717, 1.165) is 5.82 Å². The lowest BCUT2D eigenvalue weighted by atomic mass is 10.1. The summed E-state index contributed by atoms with van der Waals surface area (Å²) in [5, 5.41) is 4.45. The van der Waals surface area contributed by atoms with Gasteiger partial charge in [0.25, 0.3) is 0 Å².